The van der Waals surface area contributed by atoms with Gasteiger partial charge in [0.1, 0.15) is 6.04 Å². The molecule has 0 heterocycles. The van der Waals surface area contributed by atoms with Crippen molar-refractivity contribution in [3.63, 3.8) is 0 Å². The smallest absolute Gasteiger partial charge is 0.326 e. The maximum absolute atomic E-state index is 12.1. The van der Waals surface area contributed by atoms with Gasteiger partial charge < -0.3 is 10.4 Å². The Labute approximate surface area is 116 Å². The predicted octanol–water partition coefficient (Wildman–Crippen LogP) is 2.67. The van der Waals surface area contributed by atoms with Crippen molar-refractivity contribution < 1.29 is 14.7 Å². The highest BCUT2D eigenvalue weighted by Gasteiger charge is 2.31. The molecule has 1 aliphatic carbocycles. The number of hydrogen-bond acceptors (Lipinski definition) is 2. The molecule has 19 heavy (non-hydrogen) atoms. The highest BCUT2D eigenvalue weighted by Crippen LogP contribution is 2.33. The van der Waals surface area contributed by atoms with Crippen LogP contribution < -0.4 is 5.32 Å². The largest absolute Gasteiger partial charge is 0.480 e. The van der Waals surface area contributed by atoms with E-state index in [1.807, 2.05) is 13.8 Å². The van der Waals surface area contributed by atoms with Gasteiger partial charge in [0.2, 0.25) is 5.91 Å². The third-order valence-corrected chi connectivity index (χ3v) is 4.32. The molecule has 0 saturated heterocycles. The van der Waals surface area contributed by atoms with Crippen molar-refractivity contribution in [1.82, 2.24) is 5.32 Å². The fourth-order valence-electron chi connectivity index (χ4n) is 2.83. The molecular weight excluding hydrogens is 242 g/mol. The molecule has 0 bridgehead atoms. The zero-order valence-corrected chi connectivity index (χ0v) is 12.5. The molecule has 4 heteroatoms. The van der Waals surface area contributed by atoms with Crippen LogP contribution in [0, 0.1) is 23.7 Å². The van der Waals surface area contributed by atoms with E-state index in [1.54, 1.807) is 0 Å². The van der Waals surface area contributed by atoms with E-state index >= 15 is 0 Å². The molecule has 0 aliphatic heterocycles. The quantitative estimate of drug-likeness (QED) is 0.806. The minimum Gasteiger partial charge on any atom is -0.480 e. The van der Waals surface area contributed by atoms with Crippen LogP contribution in [0.5, 0.6) is 0 Å². The Morgan fingerprint density at radius 2 is 1.58 bits per heavy atom. The molecule has 110 valence electrons. The Bertz CT molecular complexity index is 317. The lowest BCUT2D eigenvalue weighted by Gasteiger charge is -2.31. The third-order valence-electron chi connectivity index (χ3n) is 4.32. The summed E-state index contributed by atoms with van der Waals surface area (Å²) in [6, 6.07) is -0.768. The van der Waals surface area contributed by atoms with E-state index in [-0.39, 0.29) is 17.7 Å². The number of nitrogens with one attached hydrogen (secondary N) is 1. The van der Waals surface area contributed by atoms with Crippen LogP contribution in [0.1, 0.15) is 53.4 Å². The van der Waals surface area contributed by atoms with Crippen LogP contribution >= 0.6 is 0 Å². The third kappa shape index (κ3) is 4.51. The second-order valence-electron chi connectivity index (χ2n) is 6.42. The summed E-state index contributed by atoms with van der Waals surface area (Å²) in [6.07, 6.45) is 3.93. The molecule has 1 aliphatic rings. The van der Waals surface area contributed by atoms with Crippen molar-refractivity contribution in [3.05, 3.63) is 0 Å². The predicted molar refractivity (Wildman–Crippen MR) is 74.7 cm³/mol. The lowest BCUT2D eigenvalue weighted by atomic mass is 9.76. The fourth-order valence-corrected chi connectivity index (χ4v) is 2.83. The number of carboxylic acid groups (broad SMARTS) is 1. The Hall–Kier alpha value is -1.06. The first-order valence-corrected chi connectivity index (χ1v) is 7.36. The van der Waals surface area contributed by atoms with Gasteiger partial charge in [-0.1, -0.05) is 27.7 Å². The van der Waals surface area contributed by atoms with Crippen LogP contribution in [0.3, 0.4) is 0 Å². The van der Waals surface area contributed by atoms with E-state index < -0.39 is 12.0 Å². The molecule has 1 fully saturated rings. The Balaban J connectivity index is 2.49. The second-order valence-corrected chi connectivity index (χ2v) is 6.42. The average molecular weight is 269 g/mol. The number of carbonyl (C=O) groups excluding carboxylic acids is 1. The molecule has 0 radical (unpaired) electrons. The molecule has 1 saturated carbocycles. The zero-order valence-electron chi connectivity index (χ0n) is 12.5. The molecule has 4 nitrogen and oxygen atoms in total. The SMILES string of the molecule is CC(C)C1CCC(C(=O)N[C@@H](C(=O)O)C(C)C)CC1. The number of hydrogen-bond donors (Lipinski definition) is 2. The molecule has 0 spiro atoms. The molecule has 0 aromatic rings. The standard InChI is InChI=1S/C15H27NO3/c1-9(2)11-5-7-12(8-6-11)14(17)16-13(10(3)4)15(18)19/h9-13H,5-8H2,1-4H3,(H,16,17)(H,18,19)/t11?,12?,13-/m1/s1. The summed E-state index contributed by atoms with van der Waals surface area (Å²) in [5.74, 6) is 0.266. The monoisotopic (exact) mass is 269 g/mol. The molecule has 0 unspecified atom stereocenters. The first kappa shape index (κ1) is 16.0. The Morgan fingerprint density at radius 1 is 1.05 bits per heavy atom. The van der Waals surface area contributed by atoms with Gasteiger partial charge in [0.05, 0.1) is 0 Å². The van der Waals surface area contributed by atoms with Crippen molar-refractivity contribution in [2.45, 2.75) is 59.4 Å². The summed E-state index contributed by atoms with van der Waals surface area (Å²) in [5.41, 5.74) is 0. The minimum absolute atomic E-state index is 0.00407. The van der Waals surface area contributed by atoms with E-state index in [2.05, 4.69) is 19.2 Å². The summed E-state index contributed by atoms with van der Waals surface area (Å²) in [6.45, 7) is 8.08. The van der Waals surface area contributed by atoms with Crippen LogP contribution in [0.25, 0.3) is 0 Å². The summed E-state index contributed by atoms with van der Waals surface area (Å²) >= 11 is 0. The molecule has 1 rings (SSSR count). The minimum atomic E-state index is -0.945. The van der Waals surface area contributed by atoms with Gasteiger partial charge in [-0.25, -0.2) is 4.79 Å². The Morgan fingerprint density at radius 3 is 1.95 bits per heavy atom. The van der Waals surface area contributed by atoms with Crippen LogP contribution in [0.4, 0.5) is 0 Å². The lowest BCUT2D eigenvalue weighted by Crippen LogP contribution is -2.47. The van der Waals surface area contributed by atoms with E-state index in [1.165, 1.54) is 0 Å². The van der Waals surface area contributed by atoms with Crippen LogP contribution in [-0.4, -0.2) is 23.0 Å². The van der Waals surface area contributed by atoms with Gasteiger partial charge in [-0.2, -0.15) is 0 Å². The normalized spacial score (nSPS) is 25.4. The van der Waals surface area contributed by atoms with E-state index in [0.29, 0.717) is 11.8 Å². The molecule has 2 N–H and O–H groups in total. The van der Waals surface area contributed by atoms with E-state index in [4.69, 9.17) is 5.11 Å². The second kappa shape index (κ2) is 6.92. The average Bonchev–Trinajstić information content (AvgIpc) is 2.34. The molecule has 1 atom stereocenters. The van der Waals surface area contributed by atoms with Crippen LogP contribution in [0.15, 0.2) is 0 Å². The first-order valence-electron chi connectivity index (χ1n) is 7.36. The Kier molecular flexibility index (Phi) is 5.83. The summed E-state index contributed by atoms with van der Waals surface area (Å²) < 4.78 is 0. The topological polar surface area (TPSA) is 66.4 Å². The van der Waals surface area contributed by atoms with Gasteiger partial charge in [0.15, 0.2) is 0 Å². The highest BCUT2D eigenvalue weighted by atomic mass is 16.4. The zero-order chi connectivity index (χ0) is 14.6. The molecule has 1 amide bonds. The van der Waals surface area contributed by atoms with Gasteiger partial charge in [-0.3, -0.25) is 4.79 Å². The van der Waals surface area contributed by atoms with Crippen molar-refractivity contribution in [2.24, 2.45) is 23.7 Å². The number of carboxylic acids is 1. The van der Waals surface area contributed by atoms with Gasteiger partial charge in [0, 0.05) is 5.92 Å². The van der Waals surface area contributed by atoms with Crippen molar-refractivity contribution in [2.75, 3.05) is 0 Å². The van der Waals surface area contributed by atoms with Gasteiger partial charge in [-0.05, 0) is 43.4 Å². The maximum atomic E-state index is 12.1. The molecule has 0 aromatic carbocycles. The fraction of sp³-hybridized carbons (Fsp3) is 0.867. The molecular formula is C15H27NO3. The summed E-state index contributed by atoms with van der Waals surface area (Å²) in [5, 5.41) is 11.8. The number of carbonyl (C=O) groups is 2. The maximum Gasteiger partial charge on any atom is 0.326 e. The van der Waals surface area contributed by atoms with Crippen molar-refractivity contribution in [3.8, 4) is 0 Å². The number of amides is 1. The highest BCUT2D eigenvalue weighted by molar-refractivity contribution is 5.85. The summed E-state index contributed by atoms with van der Waals surface area (Å²) in [7, 11) is 0. The lowest BCUT2D eigenvalue weighted by molar-refractivity contribution is -0.144. The van der Waals surface area contributed by atoms with Crippen molar-refractivity contribution in [1.29, 1.82) is 0 Å². The van der Waals surface area contributed by atoms with E-state index in [9.17, 15) is 9.59 Å². The number of aliphatic carboxylic acids is 1. The number of rotatable bonds is 5. The van der Waals surface area contributed by atoms with Crippen LogP contribution in [-0.2, 0) is 9.59 Å². The van der Waals surface area contributed by atoms with Gasteiger partial charge in [-0.15, -0.1) is 0 Å². The van der Waals surface area contributed by atoms with Gasteiger partial charge >= 0.3 is 5.97 Å². The van der Waals surface area contributed by atoms with Gasteiger partial charge in [0.25, 0.3) is 0 Å². The first-order chi connectivity index (χ1) is 8.82. The molecule has 0 aromatic heterocycles. The van der Waals surface area contributed by atoms with Crippen LogP contribution in [0.2, 0.25) is 0 Å². The summed E-state index contributed by atoms with van der Waals surface area (Å²) in [4.78, 5) is 23.2. The van der Waals surface area contributed by atoms with Crippen molar-refractivity contribution >= 4 is 11.9 Å². The van der Waals surface area contributed by atoms with E-state index in [0.717, 1.165) is 25.7 Å².